The van der Waals surface area contributed by atoms with Crippen LogP contribution in [-0.4, -0.2) is 49.4 Å². The Hall–Kier alpha value is -3.88. The Morgan fingerprint density at radius 2 is 1.70 bits per heavy atom. The van der Waals surface area contributed by atoms with E-state index in [1.165, 1.54) is 14.2 Å². The monoisotopic (exact) mass is 410 g/mol. The molecule has 0 saturated carbocycles. The minimum atomic E-state index is -1.28. The van der Waals surface area contributed by atoms with Crippen LogP contribution in [0, 0.1) is 0 Å². The molecule has 1 atom stereocenters. The molecule has 3 N–H and O–H groups in total. The Morgan fingerprint density at radius 3 is 2.27 bits per heavy atom. The highest BCUT2D eigenvalue weighted by Gasteiger charge is 2.49. The van der Waals surface area contributed by atoms with Crippen molar-refractivity contribution in [1.29, 1.82) is 0 Å². The van der Waals surface area contributed by atoms with Gasteiger partial charge < -0.3 is 20.7 Å². The van der Waals surface area contributed by atoms with E-state index in [-0.39, 0.29) is 5.91 Å². The summed E-state index contributed by atoms with van der Waals surface area (Å²) in [6, 6.07) is 12.4. The van der Waals surface area contributed by atoms with Crippen molar-refractivity contribution >= 4 is 29.4 Å². The molecule has 0 spiro atoms. The van der Waals surface area contributed by atoms with Gasteiger partial charge in [-0.3, -0.25) is 19.3 Å². The molecule has 0 aliphatic carbocycles. The van der Waals surface area contributed by atoms with Crippen LogP contribution in [-0.2, 0) is 15.1 Å². The minimum Gasteiger partial charge on any atom is -0.497 e. The van der Waals surface area contributed by atoms with Gasteiger partial charge in [0.1, 0.15) is 17.8 Å². The summed E-state index contributed by atoms with van der Waals surface area (Å²) in [4.78, 5) is 50.1. The number of benzene rings is 2. The number of hydrogen-bond acceptors (Lipinski definition) is 5. The van der Waals surface area contributed by atoms with Crippen molar-refractivity contribution in [3.63, 3.8) is 0 Å². The van der Waals surface area contributed by atoms with E-state index in [0.29, 0.717) is 22.6 Å². The Labute approximate surface area is 173 Å². The number of urea groups is 1. The Balaban J connectivity index is 1.68. The lowest BCUT2D eigenvalue weighted by Crippen LogP contribution is -2.42. The number of rotatable bonds is 6. The lowest BCUT2D eigenvalue weighted by Gasteiger charge is -2.22. The molecule has 5 amide bonds. The van der Waals surface area contributed by atoms with E-state index in [9.17, 15) is 19.2 Å². The molecule has 2 aromatic carbocycles. The largest absolute Gasteiger partial charge is 0.497 e. The molecule has 1 saturated heterocycles. The van der Waals surface area contributed by atoms with Gasteiger partial charge in [-0.25, -0.2) is 4.79 Å². The summed E-state index contributed by atoms with van der Waals surface area (Å²) in [6.45, 7) is 1.15. The molecule has 30 heavy (non-hydrogen) atoms. The molecule has 1 fully saturated rings. The molecule has 0 radical (unpaired) electrons. The summed E-state index contributed by atoms with van der Waals surface area (Å²) in [5.74, 6) is -0.684. The van der Waals surface area contributed by atoms with Crippen molar-refractivity contribution in [3.05, 3.63) is 59.7 Å². The molecule has 0 bridgehead atoms. The molecular weight excluding hydrogens is 388 g/mol. The molecule has 9 heteroatoms. The molecule has 1 heterocycles. The van der Waals surface area contributed by atoms with Crippen LogP contribution in [0.4, 0.5) is 10.5 Å². The fourth-order valence-corrected chi connectivity index (χ4v) is 3.15. The molecular formula is C21H22N4O5. The summed E-state index contributed by atoms with van der Waals surface area (Å²) in [7, 11) is 3.06. The number of amides is 5. The summed E-state index contributed by atoms with van der Waals surface area (Å²) in [5.41, 5.74) is 0.186. The van der Waals surface area contributed by atoms with Gasteiger partial charge in [-0.05, 0) is 48.9 Å². The lowest BCUT2D eigenvalue weighted by molar-refractivity contribution is -0.133. The quantitative estimate of drug-likeness (QED) is 0.624. The van der Waals surface area contributed by atoms with Crippen molar-refractivity contribution in [3.8, 4) is 5.75 Å². The van der Waals surface area contributed by atoms with Crippen LogP contribution in [0.3, 0.4) is 0 Å². The Morgan fingerprint density at radius 1 is 1.07 bits per heavy atom. The van der Waals surface area contributed by atoms with Crippen LogP contribution >= 0.6 is 0 Å². The molecule has 2 aromatic rings. The van der Waals surface area contributed by atoms with Crippen LogP contribution in [0.25, 0.3) is 0 Å². The van der Waals surface area contributed by atoms with E-state index >= 15 is 0 Å². The van der Waals surface area contributed by atoms with E-state index < -0.39 is 29.9 Å². The van der Waals surface area contributed by atoms with Gasteiger partial charge in [0, 0.05) is 18.3 Å². The number of carbonyl (C=O) groups is 4. The highest BCUT2D eigenvalue weighted by Crippen LogP contribution is 2.30. The fourth-order valence-electron chi connectivity index (χ4n) is 3.15. The summed E-state index contributed by atoms with van der Waals surface area (Å²) < 4.78 is 5.11. The molecule has 0 aromatic heterocycles. The van der Waals surface area contributed by atoms with Gasteiger partial charge in [0.15, 0.2) is 0 Å². The third kappa shape index (κ3) is 3.95. The van der Waals surface area contributed by atoms with Crippen molar-refractivity contribution < 1.29 is 23.9 Å². The van der Waals surface area contributed by atoms with Crippen molar-refractivity contribution in [1.82, 2.24) is 15.5 Å². The second-order valence-corrected chi connectivity index (χ2v) is 6.88. The Kier molecular flexibility index (Phi) is 5.72. The van der Waals surface area contributed by atoms with E-state index in [1.54, 1.807) is 55.5 Å². The van der Waals surface area contributed by atoms with Crippen LogP contribution in [0.1, 0.15) is 22.8 Å². The van der Waals surface area contributed by atoms with Crippen LogP contribution in [0.2, 0.25) is 0 Å². The van der Waals surface area contributed by atoms with Gasteiger partial charge in [-0.15, -0.1) is 0 Å². The third-order valence-corrected chi connectivity index (χ3v) is 4.90. The number of hydrogen-bond donors (Lipinski definition) is 3. The first kappa shape index (κ1) is 20.8. The number of imide groups is 1. The second-order valence-electron chi connectivity index (χ2n) is 6.88. The third-order valence-electron chi connectivity index (χ3n) is 4.90. The number of ether oxygens (including phenoxy) is 1. The maximum Gasteiger partial charge on any atom is 0.325 e. The first-order valence-corrected chi connectivity index (χ1v) is 9.19. The molecule has 3 rings (SSSR count). The average Bonchev–Trinajstić information content (AvgIpc) is 2.97. The van der Waals surface area contributed by atoms with E-state index in [0.717, 1.165) is 4.90 Å². The zero-order valence-electron chi connectivity index (χ0n) is 16.8. The maximum atomic E-state index is 12.9. The first-order valence-electron chi connectivity index (χ1n) is 9.19. The van der Waals surface area contributed by atoms with Crippen molar-refractivity contribution in [2.24, 2.45) is 0 Å². The molecule has 0 unspecified atom stereocenters. The van der Waals surface area contributed by atoms with Crippen LogP contribution in [0.5, 0.6) is 5.75 Å². The average molecular weight is 410 g/mol. The first-order chi connectivity index (χ1) is 14.3. The number of methoxy groups -OCH3 is 1. The molecule has 9 nitrogen and oxygen atoms in total. The summed E-state index contributed by atoms with van der Waals surface area (Å²) in [6.07, 6.45) is 0. The zero-order valence-corrected chi connectivity index (χ0v) is 16.8. The Bertz CT molecular complexity index is 987. The zero-order chi connectivity index (χ0) is 21.9. The van der Waals surface area contributed by atoms with Gasteiger partial charge in [-0.1, -0.05) is 12.1 Å². The van der Waals surface area contributed by atoms with E-state index in [1.807, 2.05) is 0 Å². The van der Waals surface area contributed by atoms with Crippen LogP contribution < -0.4 is 20.7 Å². The topological polar surface area (TPSA) is 117 Å². The summed E-state index contributed by atoms with van der Waals surface area (Å²) in [5, 5.41) is 7.77. The van der Waals surface area contributed by atoms with Gasteiger partial charge in [0.25, 0.3) is 11.8 Å². The van der Waals surface area contributed by atoms with Gasteiger partial charge >= 0.3 is 6.03 Å². The number of carbonyl (C=O) groups excluding carboxylic acids is 4. The van der Waals surface area contributed by atoms with Crippen LogP contribution in [0.15, 0.2) is 48.5 Å². The summed E-state index contributed by atoms with van der Waals surface area (Å²) >= 11 is 0. The minimum absolute atomic E-state index is 0.245. The van der Waals surface area contributed by atoms with Crippen molar-refractivity contribution in [2.75, 3.05) is 26.0 Å². The second kappa shape index (κ2) is 8.24. The molecule has 156 valence electrons. The standard InChI is InChI=1S/C21H22N4O5/c1-21(14-6-10-16(30-3)11-7-14)19(28)25(20(29)24-21)12-17(26)23-15-8-4-13(5-9-15)18(27)22-2/h4-11H,12H2,1-3H3,(H,22,27)(H,23,26)(H,24,29)/t21-/m0/s1. The SMILES string of the molecule is CNC(=O)c1ccc(NC(=O)CN2C(=O)N[C@@](C)(c3ccc(OC)cc3)C2=O)cc1. The smallest absolute Gasteiger partial charge is 0.325 e. The predicted octanol–water partition coefficient (Wildman–Crippen LogP) is 1.46. The van der Waals surface area contributed by atoms with Crippen molar-refractivity contribution in [2.45, 2.75) is 12.5 Å². The number of nitrogens with zero attached hydrogens (tertiary/aromatic N) is 1. The maximum absolute atomic E-state index is 12.9. The van der Waals surface area contributed by atoms with E-state index in [4.69, 9.17) is 4.74 Å². The van der Waals surface area contributed by atoms with E-state index in [2.05, 4.69) is 16.0 Å². The van der Waals surface area contributed by atoms with Gasteiger partial charge in [-0.2, -0.15) is 0 Å². The highest BCUT2D eigenvalue weighted by molar-refractivity contribution is 6.10. The molecule has 1 aliphatic rings. The van der Waals surface area contributed by atoms with Gasteiger partial charge in [0.05, 0.1) is 7.11 Å². The number of anilines is 1. The number of nitrogens with one attached hydrogen (secondary N) is 3. The lowest BCUT2D eigenvalue weighted by atomic mass is 9.92. The molecule has 1 aliphatic heterocycles. The normalized spacial score (nSPS) is 18.0. The fraction of sp³-hybridized carbons (Fsp3) is 0.238. The predicted molar refractivity (Wildman–Crippen MR) is 109 cm³/mol. The van der Waals surface area contributed by atoms with Gasteiger partial charge in [0.2, 0.25) is 5.91 Å². The highest BCUT2D eigenvalue weighted by atomic mass is 16.5.